The number of carbonyl (C=O) groups is 1. The number of hydrogen-bond donors (Lipinski definition) is 1. The molecule has 6 heteroatoms. The van der Waals surface area contributed by atoms with Gasteiger partial charge in [-0.25, -0.2) is 4.39 Å². The Morgan fingerprint density at radius 2 is 1.92 bits per heavy atom. The highest BCUT2D eigenvalue weighted by molar-refractivity contribution is 5.85. The Morgan fingerprint density at radius 1 is 1.21 bits per heavy atom. The highest BCUT2D eigenvalue weighted by Gasteiger charge is 2.24. The van der Waals surface area contributed by atoms with Gasteiger partial charge in [0.15, 0.2) is 0 Å². The van der Waals surface area contributed by atoms with E-state index in [2.05, 4.69) is 5.32 Å². The predicted octanol–water partition coefficient (Wildman–Crippen LogP) is 3.01. The van der Waals surface area contributed by atoms with Gasteiger partial charge in [0.05, 0.1) is 0 Å². The van der Waals surface area contributed by atoms with Gasteiger partial charge >= 0.3 is 0 Å². The highest BCUT2D eigenvalue weighted by atomic mass is 35.5. The molecule has 0 aromatic heterocycles. The van der Waals surface area contributed by atoms with Crippen molar-refractivity contribution in [2.45, 2.75) is 38.2 Å². The number of piperidine rings is 1. The van der Waals surface area contributed by atoms with Gasteiger partial charge in [-0.3, -0.25) is 4.79 Å². The Morgan fingerprint density at radius 3 is 2.54 bits per heavy atom. The Kier molecular flexibility index (Phi) is 7.31. The van der Waals surface area contributed by atoms with Crippen LogP contribution in [-0.4, -0.2) is 43.1 Å². The normalized spacial score (nSPS) is 21.4. The molecule has 2 fully saturated rings. The fourth-order valence-electron chi connectivity index (χ4n) is 3.38. The molecule has 0 aliphatic carbocycles. The summed E-state index contributed by atoms with van der Waals surface area (Å²) in [5, 5.41) is 3.34. The van der Waals surface area contributed by atoms with Crippen molar-refractivity contribution in [3.63, 3.8) is 0 Å². The van der Waals surface area contributed by atoms with Gasteiger partial charge in [-0.1, -0.05) is 0 Å². The van der Waals surface area contributed by atoms with Crippen LogP contribution in [0.2, 0.25) is 0 Å². The molecule has 0 bridgehead atoms. The van der Waals surface area contributed by atoms with Gasteiger partial charge in [0.25, 0.3) is 0 Å². The van der Waals surface area contributed by atoms with Crippen LogP contribution in [0.3, 0.4) is 0 Å². The zero-order valence-corrected chi connectivity index (χ0v) is 14.7. The first kappa shape index (κ1) is 19.0. The standard InChI is InChI=1S/C18H25FN2O2.ClH/c19-15-2-4-16(5-3-15)23-17-8-11-21(12-9-17)18(22)6-1-14-7-10-20-13-14;/h2-5,14,17,20H,1,6-13H2;1H. The summed E-state index contributed by atoms with van der Waals surface area (Å²) in [6.07, 6.45) is 4.65. The Balaban J connectivity index is 0.00000208. The maximum atomic E-state index is 12.9. The molecular formula is C18H26ClFN2O2. The first-order valence-electron chi connectivity index (χ1n) is 8.61. The van der Waals surface area contributed by atoms with Gasteiger partial charge in [-0.15, -0.1) is 12.4 Å². The van der Waals surface area contributed by atoms with Crippen molar-refractivity contribution in [1.29, 1.82) is 0 Å². The first-order chi connectivity index (χ1) is 11.2. The lowest BCUT2D eigenvalue weighted by Gasteiger charge is -2.32. The molecular weight excluding hydrogens is 331 g/mol. The van der Waals surface area contributed by atoms with E-state index in [0.717, 1.165) is 45.4 Å². The number of rotatable bonds is 5. The van der Waals surface area contributed by atoms with Crippen molar-refractivity contribution >= 4 is 18.3 Å². The molecule has 1 unspecified atom stereocenters. The molecule has 0 radical (unpaired) electrons. The second-order valence-electron chi connectivity index (χ2n) is 6.55. The van der Waals surface area contributed by atoms with E-state index in [0.29, 0.717) is 18.1 Å². The van der Waals surface area contributed by atoms with Gasteiger partial charge in [-0.05, 0) is 56.1 Å². The Bertz CT molecular complexity index is 512. The number of amides is 1. The zero-order chi connectivity index (χ0) is 16.1. The van der Waals surface area contributed by atoms with E-state index in [-0.39, 0.29) is 30.2 Å². The lowest BCUT2D eigenvalue weighted by molar-refractivity contribution is -0.133. The molecule has 2 aliphatic heterocycles. The van der Waals surface area contributed by atoms with E-state index >= 15 is 0 Å². The highest BCUT2D eigenvalue weighted by Crippen LogP contribution is 2.21. The van der Waals surface area contributed by atoms with Crippen LogP contribution in [0.1, 0.15) is 32.1 Å². The van der Waals surface area contributed by atoms with Crippen LogP contribution in [0.5, 0.6) is 5.75 Å². The van der Waals surface area contributed by atoms with E-state index in [4.69, 9.17) is 4.74 Å². The zero-order valence-electron chi connectivity index (χ0n) is 13.9. The summed E-state index contributed by atoms with van der Waals surface area (Å²) < 4.78 is 18.8. The fourth-order valence-corrected chi connectivity index (χ4v) is 3.38. The number of likely N-dealkylation sites (tertiary alicyclic amines) is 1. The van der Waals surface area contributed by atoms with E-state index in [9.17, 15) is 9.18 Å². The fraction of sp³-hybridized carbons (Fsp3) is 0.611. The number of nitrogens with one attached hydrogen (secondary N) is 1. The molecule has 0 saturated carbocycles. The maximum Gasteiger partial charge on any atom is 0.222 e. The minimum Gasteiger partial charge on any atom is -0.490 e. The number of nitrogens with zero attached hydrogens (tertiary/aromatic N) is 1. The van der Waals surface area contributed by atoms with E-state index in [1.807, 2.05) is 4.90 Å². The van der Waals surface area contributed by atoms with Crippen LogP contribution in [0.25, 0.3) is 0 Å². The third-order valence-corrected chi connectivity index (χ3v) is 4.84. The molecule has 24 heavy (non-hydrogen) atoms. The third kappa shape index (κ3) is 5.35. The van der Waals surface area contributed by atoms with Crippen LogP contribution in [0.15, 0.2) is 24.3 Å². The topological polar surface area (TPSA) is 41.6 Å². The van der Waals surface area contributed by atoms with Crippen LogP contribution in [-0.2, 0) is 4.79 Å². The van der Waals surface area contributed by atoms with E-state index in [1.54, 1.807) is 12.1 Å². The Hall–Kier alpha value is -1.33. The minimum atomic E-state index is -0.254. The molecule has 2 heterocycles. The van der Waals surface area contributed by atoms with Crippen molar-refractivity contribution in [3.05, 3.63) is 30.1 Å². The SMILES string of the molecule is Cl.O=C(CCC1CCNC1)N1CCC(Oc2ccc(F)cc2)CC1. The van der Waals surface area contributed by atoms with Crippen LogP contribution in [0.4, 0.5) is 4.39 Å². The van der Waals surface area contributed by atoms with Gasteiger partial charge in [0.2, 0.25) is 5.91 Å². The summed E-state index contributed by atoms with van der Waals surface area (Å²) in [6, 6.07) is 6.13. The molecule has 4 nitrogen and oxygen atoms in total. The van der Waals surface area contributed by atoms with Crippen molar-refractivity contribution in [3.8, 4) is 5.75 Å². The lowest BCUT2D eigenvalue weighted by Crippen LogP contribution is -2.41. The molecule has 3 rings (SSSR count). The molecule has 1 aromatic rings. The molecule has 1 amide bonds. The molecule has 2 aliphatic rings. The number of benzene rings is 1. The van der Waals surface area contributed by atoms with Crippen molar-refractivity contribution in [2.24, 2.45) is 5.92 Å². The molecule has 2 saturated heterocycles. The minimum absolute atomic E-state index is 0. The smallest absolute Gasteiger partial charge is 0.222 e. The molecule has 1 N–H and O–H groups in total. The summed E-state index contributed by atoms with van der Waals surface area (Å²) in [5.74, 6) is 1.38. The summed E-state index contributed by atoms with van der Waals surface area (Å²) in [6.45, 7) is 3.66. The lowest BCUT2D eigenvalue weighted by atomic mass is 10.0. The van der Waals surface area contributed by atoms with Crippen LogP contribution >= 0.6 is 12.4 Å². The number of hydrogen-bond acceptors (Lipinski definition) is 3. The summed E-state index contributed by atoms with van der Waals surface area (Å²) in [5.41, 5.74) is 0. The summed E-state index contributed by atoms with van der Waals surface area (Å²) in [7, 11) is 0. The van der Waals surface area contributed by atoms with Gasteiger partial charge in [0.1, 0.15) is 17.7 Å². The average Bonchev–Trinajstić information content (AvgIpc) is 3.09. The second kappa shape index (κ2) is 9.23. The van der Waals surface area contributed by atoms with Crippen LogP contribution in [0, 0.1) is 11.7 Å². The van der Waals surface area contributed by atoms with Crippen molar-refractivity contribution in [2.75, 3.05) is 26.2 Å². The number of carbonyl (C=O) groups excluding carboxylic acids is 1. The quantitative estimate of drug-likeness (QED) is 0.881. The Labute approximate surface area is 149 Å². The summed E-state index contributed by atoms with van der Waals surface area (Å²) >= 11 is 0. The molecule has 134 valence electrons. The van der Waals surface area contributed by atoms with Gasteiger partial charge in [0, 0.05) is 32.4 Å². The summed E-state index contributed by atoms with van der Waals surface area (Å²) in [4.78, 5) is 14.2. The number of ether oxygens (including phenoxy) is 1. The number of halogens is 2. The van der Waals surface area contributed by atoms with E-state index < -0.39 is 0 Å². The monoisotopic (exact) mass is 356 g/mol. The van der Waals surface area contributed by atoms with Crippen molar-refractivity contribution in [1.82, 2.24) is 10.2 Å². The van der Waals surface area contributed by atoms with Crippen molar-refractivity contribution < 1.29 is 13.9 Å². The average molecular weight is 357 g/mol. The largest absolute Gasteiger partial charge is 0.490 e. The second-order valence-corrected chi connectivity index (χ2v) is 6.55. The predicted molar refractivity (Wildman–Crippen MR) is 94.1 cm³/mol. The first-order valence-corrected chi connectivity index (χ1v) is 8.61. The molecule has 1 aromatic carbocycles. The van der Waals surface area contributed by atoms with Gasteiger partial charge in [-0.2, -0.15) is 0 Å². The molecule has 1 atom stereocenters. The van der Waals surface area contributed by atoms with Crippen LogP contribution < -0.4 is 10.1 Å². The van der Waals surface area contributed by atoms with E-state index in [1.165, 1.54) is 18.6 Å². The molecule has 0 spiro atoms. The third-order valence-electron chi connectivity index (χ3n) is 4.84. The van der Waals surface area contributed by atoms with Gasteiger partial charge < -0.3 is 15.0 Å². The maximum absolute atomic E-state index is 12.9.